The Morgan fingerprint density at radius 3 is 2.88 bits per heavy atom. The van der Waals surface area contributed by atoms with E-state index in [1.54, 1.807) is 0 Å². The Labute approximate surface area is 102 Å². The number of rotatable bonds is 3. The molecule has 0 bridgehead atoms. The number of aromatic nitrogens is 1. The van der Waals surface area contributed by atoms with Gasteiger partial charge in [0.05, 0.1) is 0 Å². The molecule has 1 heterocycles. The van der Waals surface area contributed by atoms with E-state index in [-0.39, 0.29) is 0 Å². The fraction of sp³-hybridized carbons (Fsp3) is 0.467. The molecular weight excluding hydrogens is 208 g/mol. The molecule has 0 saturated heterocycles. The van der Waals surface area contributed by atoms with Crippen LogP contribution in [0.25, 0.3) is 10.9 Å². The standard InChI is InChI=1S/C15H20N2/c1-2-7-14(8-3-1)17-11-13-6-4-5-12-9-10-16-15(12)13/h4-6,9-10,14,16-17H,1-3,7-8,11H2. The Bertz CT molecular complexity index is 480. The lowest BCUT2D eigenvalue weighted by Gasteiger charge is -2.23. The molecule has 2 heteroatoms. The Kier molecular flexibility index (Phi) is 3.14. The summed E-state index contributed by atoms with van der Waals surface area (Å²) in [6.45, 7) is 0.989. The zero-order valence-electron chi connectivity index (χ0n) is 10.2. The van der Waals surface area contributed by atoms with Gasteiger partial charge < -0.3 is 10.3 Å². The van der Waals surface area contributed by atoms with Gasteiger partial charge >= 0.3 is 0 Å². The average Bonchev–Trinajstić information content (AvgIpc) is 2.86. The molecule has 1 fully saturated rings. The number of aromatic amines is 1. The van der Waals surface area contributed by atoms with Crippen molar-refractivity contribution in [2.75, 3.05) is 0 Å². The highest BCUT2D eigenvalue weighted by Crippen LogP contribution is 2.20. The van der Waals surface area contributed by atoms with Crippen LogP contribution in [0.4, 0.5) is 0 Å². The summed E-state index contributed by atoms with van der Waals surface area (Å²) in [6.07, 6.45) is 8.93. The van der Waals surface area contributed by atoms with Gasteiger partial charge in [0.2, 0.25) is 0 Å². The lowest BCUT2D eigenvalue weighted by atomic mass is 9.95. The lowest BCUT2D eigenvalue weighted by molar-refractivity contribution is 0.372. The fourth-order valence-corrected chi connectivity index (χ4v) is 2.86. The van der Waals surface area contributed by atoms with Gasteiger partial charge in [0, 0.05) is 24.3 Å². The molecule has 0 unspecified atom stereocenters. The van der Waals surface area contributed by atoms with Crippen molar-refractivity contribution in [1.82, 2.24) is 10.3 Å². The van der Waals surface area contributed by atoms with Gasteiger partial charge in [-0.2, -0.15) is 0 Å². The first-order chi connectivity index (χ1) is 8.43. The second kappa shape index (κ2) is 4.92. The van der Waals surface area contributed by atoms with Crippen LogP contribution in [0, 0.1) is 0 Å². The maximum atomic E-state index is 3.70. The molecule has 90 valence electrons. The molecule has 0 aliphatic heterocycles. The van der Waals surface area contributed by atoms with E-state index in [2.05, 4.69) is 34.6 Å². The summed E-state index contributed by atoms with van der Waals surface area (Å²) in [7, 11) is 0. The first-order valence-electron chi connectivity index (χ1n) is 6.72. The van der Waals surface area contributed by atoms with E-state index in [1.807, 2.05) is 6.20 Å². The van der Waals surface area contributed by atoms with Crippen molar-refractivity contribution >= 4 is 10.9 Å². The molecule has 0 atom stereocenters. The third-order valence-electron chi connectivity index (χ3n) is 3.86. The predicted octanol–water partition coefficient (Wildman–Crippen LogP) is 3.59. The van der Waals surface area contributed by atoms with Gasteiger partial charge in [0.15, 0.2) is 0 Å². The summed E-state index contributed by atoms with van der Waals surface area (Å²) in [5.41, 5.74) is 2.67. The number of fused-ring (bicyclic) bond motifs is 1. The number of hydrogen-bond acceptors (Lipinski definition) is 1. The number of hydrogen-bond donors (Lipinski definition) is 2. The number of nitrogens with one attached hydrogen (secondary N) is 2. The monoisotopic (exact) mass is 228 g/mol. The van der Waals surface area contributed by atoms with Gasteiger partial charge in [-0.15, -0.1) is 0 Å². The van der Waals surface area contributed by atoms with Gasteiger partial charge in [-0.25, -0.2) is 0 Å². The van der Waals surface area contributed by atoms with Crippen LogP contribution in [0.2, 0.25) is 0 Å². The molecule has 0 radical (unpaired) electrons. The van der Waals surface area contributed by atoms with Crippen LogP contribution in [0.1, 0.15) is 37.7 Å². The van der Waals surface area contributed by atoms with Crippen molar-refractivity contribution < 1.29 is 0 Å². The van der Waals surface area contributed by atoms with Crippen LogP contribution in [0.15, 0.2) is 30.5 Å². The van der Waals surface area contributed by atoms with Crippen LogP contribution >= 0.6 is 0 Å². The fourth-order valence-electron chi connectivity index (χ4n) is 2.86. The summed E-state index contributed by atoms with van der Waals surface area (Å²) in [5, 5.41) is 5.01. The molecule has 2 nitrogen and oxygen atoms in total. The lowest BCUT2D eigenvalue weighted by Crippen LogP contribution is -2.30. The first-order valence-corrected chi connectivity index (χ1v) is 6.72. The van der Waals surface area contributed by atoms with E-state index in [9.17, 15) is 0 Å². The topological polar surface area (TPSA) is 27.8 Å². The largest absolute Gasteiger partial charge is 0.361 e. The van der Waals surface area contributed by atoms with Gasteiger partial charge in [-0.1, -0.05) is 37.5 Å². The highest BCUT2D eigenvalue weighted by molar-refractivity contribution is 5.82. The Balaban J connectivity index is 1.69. The first kappa shape index (κ1) is 10.8. The second-order valence-corrected chi connectivity index (χ2v) is 5.07. The van der Waals surface area contributed by atoms with E-state index < -0.39 is 0 Å². The van der Waals surface area contributed by atoms with E-state index in [1.165, 1.54) is 48.6 Å². The van der Waals surface area contributed by atoms with Crippen molar-refractivity contribution in [3.8, 4) is 0 Å². The highest BCUT2D eigenvalue weighted by Gasteiger charge is 2.12. The molecule has 1 saturated carbocycles. The highest BCUT2D eigenvalue weighted by atomic mass is 14.9. The Hall–Kier alpha value is -1.28. The minimum Gasteiger partial charge on any atom is -0.361 e. The summed E-state index contributed by atoms with van der Waals surface area (Å²) in [4.78, 5) is 3.34. The van der Waals surface area contributed by atoms with Crippen LogP contribution in [-0.2, 0) is 6.54 Å². The predicted molar refractivity (Wildman–Crippen MR) is 72.0 cm³/mol. The minimum atomic E-state index is 0.731. The molecule has 1 aromatic heterocycles. The van der Waals surface area contributed by atoms with Crippen LogP contribution < -0.4 is 5.32 Å². The van der Waals surface area contributed by atoms with Crippen molar-refractivity contribution in [3.05, 3.63) is 36.0 Å². The summed E-state index contributed by atoms with van der Waals surface area (Å²) < 4.78 is 0. The molecule has 1 aliphatic carbocycles. The van der Waals surface area contributed by atoms with Gasteiger partial charge in [-0.3, -0.25) is 0 Å². The van der Waals surface area contributed by atoms with Crippen LogP contribution in [0.5, 0.6) is 0 Å². The summed E-state index contributed by atoms with van der Waals surface area (Å²) in [6, 6.07) is 9.40. The molecule has 0 spiro atoms. The number of para-hydroxylation sites is 1. The van der Waals surface area contributed by atoms with Crippen molar-refractivity contribution in [2.45, 2.75) is 44.7 Å². The van der Waals surface area contributed by atoms with Gasteiger partial charge in [0.1, 0.15) is 0 Å². The van der Waals surface area contributed by atoms with Crippen LogP contribution in [-0.4, -0.2) is 11.0 Å². The molecule has 17 heavy (non-hydrogen) atoms. The molecule has 1 aromatic carbocycles. The van der Waals surface area contributed by atoms with E-state index >= 15 is 0 Å². The number of benzene rings is 1. The normalized spacial score (nSPS) is 17.6. The van der Waals surface area contributed by atoms with Crippen molar-refractivity contribution in [3.63, 3.8) is 0 Å². The van der Waals surface area contributed by atoms with E-state index in [0.29, 0.717) is 0 Å². The zero-order chi connectivity index (χ0) is 11.5. The molecule has 3 rings (SSSR count). The van der Waals surface area contributed by atoms with Crippen molar-refractivity contribution in [1.29, 1.82) is 0 Å². The van der Waals surface area contributed by atoms with Crippen LogP contribution in [0.3, 0.4) is 0 Å². The number of H-pyrrole nitrogens is 1. The summed E-state index contributed by atoms with van der Waals surface area (Å²) >= 11 is 0. The van der Waals surface area contributed by atoms with E-state index in [0.717, 1.165) is 12.6 Å². The molecule has 0 amide bonds. The van der Waals surface area contributed by atoms with Gasteiger partial charge in [-0.05, 0) is 29.9 Å². The quantitative estimate of drug-likeness (QED) is 0.825. The summed E-state index contributed by atoms with van der Waals surface area (Å²) in [5.74, 6) is 0. The molecular formula is C15H20N2. The smallest absolute Gasteiger partial charge is 0.0499 e. The molecule has 2 aromatic rings. The van der Waals surface area contributed by atoms with Crippen molar-refractivity contribution in [2.24, 2.45) is 0 Å². The maximum absolute atomic E-state index is 3.70. The average molecular weight is 228 g/mol. The molecule has 1 aliphatic rings. The SMILES string of the molecule is c1cc(CNC2CCCCC2)c2[nH]ccc2c1. The minimum absolute atomic E-state index is 0.731. The van der Waals surface area contributed by atoms with E-state index in [4.69, 9.17) is 0 Å². The third kappa shape index (κ3) is 2.37. The van der Waals surface area contributed by atoms with Gasteiger partial charge in [0.25, 0.3) is 0 Å². The Morgan fingerprint density at radius 2 is 2.00 bits per heavy atom. The maximum Gasteiger partial charge on any atom is 0.0499 e. The molecule has 2 N–H and O–H groups in total. The second-order valence-electron chi connectivity index (χ2n) is 5.07. The Morgan fingerprint density at radius 1 is 1.12 bits per heavy atom. The third-order valence-corrected chi connectivity index (χ3v) is 3.86. The zero-order valence-corrected chi connectivity index (χ0v) is 10.2.